The van der Waals surface area contributed by atoms with Crippen LogP contribution in [-0.4, -0.2) is 44.2 Å². The van der Waals surface area contributed by atoms with E-state index in [2.05, 4.69) is 20.3 Å². The quantitative estimate of drug-likeness (QED) is 0.313. The Hall–Kier alpha value is -4.67. The molecule has 0 radical (unpaired) electrons. The van der Waals surface area contributed by atoms with Gasteiger partial charge >= 0.3 is 0 Å². The molecule has 2 aromatic carbocycles. The molecule has 190 valence electrons. The van der Waals surface area contributed by atoms with Crippen LogP contribution in [0.25, 0.3) is 28.1 Å². The summed E-state index contributed by atoms with van der Waals surface area (Å²) in [5, 5.41) is 23.8. The number of para-hydroxylation sites is 2. The van der Waals surface area contributed by atoms with Gasteiger partial charge in [-0.2, -0.15) is 4.98 Å². The normalized spacial score (nSPS) is 11.2. The van der Waals surface area contributed by atoms with Crippen molar-refractivity contribution in [1.82, 2.24) is 24.9 Å². The van der Waals surface area contributed by atoms with E-state index < -0.39 is 11.4 Å². The van der Waals surface area contributed by atoms with Gasteiger partial charge in [0.05, 0.1) is 20.6 Å². The lowest BCUT2D eigenvalue weighted by Gasteiger charge is -2.18. The maximum absolute atomic E-state index is 13.9. The zero-order valence-corrected chi connectivity index (χ0v) is 20.6. The lowest BCUT2D eigenvalue weighted by atomic mass is 10.2. The monoisotopic (exact) mass is 503 g/mol. The van der Waals surface area contributed by atoms with E-state index in [1.54, 1.807) is 18.2 Å². The molecule has 5 aromatic rings. The topological polar surface area (TPSA) is 139 Å². The smallest absolute Gasteiger partial charge is 0.275 e. The molecular weight excluding hydrogens is 478 g/mol. The highest BCUT2D eigenvalue weighted by Crippen LogP contribution is 2.34. The van der Waals surface area contributed by atoms with Crippen LogP contribution >= 0.6 is 0 Å². The molecule has 0 bridgehead atoms. The number of aryl methyl sites for hydroxylation is 1. The van der Waals surface area contributed by atoms with E-state index >= 15 is 0 Å². The number of rotatable bonds is 9. The Kier molecular flexibility index (Phi) is 6.59. The zero-order valence-electron chi connectivity index (χ0n) is 20.6. The molecule has 1 N–H and O–H groups in total. The molecule has 0 fully saturated rings. The largest absolute Gasteiger partial charge is 0.494 e. The second-order valence-electron chi connectivity index (χ2n) is 8.29. The van der Waals surface area contributed by atoms with Gasteiger partial charge in [0.25, 0.3) is 11.4 Å². The van der Waals surface area contributed by atoms with Crippen molar-refractivity contribution in [2.24, 2.45) is 0 Å². The predicted molar refractivity (Wildman–Crippen MR) is 133 cm³/mol. The first-order valence-corrected chi connectivity index (χ1v) is 11.8. The molecule has 0 spiro atoms. The molecule has 0 aliphatic rings. The molecule has 5 rings (SSSR count). The van der Waals surface area contributed by atoms with E-state index in [4.69, 9.17) is 18.4 Å². The van der Waals surface area contributed by atoms with E-state index in [0.717, 1.165) is 18.2 Å². The molecule has 0 atom stereocenters. The van der Waals surface area contributed by atoms with Gasteiger partial charge in [0.15, 0.2) is 11.1 Å². The van der Waals surface area contributed by atoms with E-state index in [0.29, 0.717) is 40.7 Å². The third kappa shape index (κ3) is 4.39. The van der Waals surface area contributed by atoms with E-state index in [9.17, 15) is 9.90 Å². The van der Waals surface area contributed by atoms with E-state index in [-0.39, 0.29) is 23.8 Å². The van der Waals surface area contributed by atoms with Gasteiger partial charge in [0.2, 0.25) is 11.8 Å². The second-order valence-corrected chi connectivity index (χ2v) is 8.29. The van der Waals surface area contributed by atoms with Crippen LogP contribution in [0.15, 0.2) is 56.2 Å². The highest BCUT2D eigenvalue weighted by atomic mass is 16.5. The summed E-state index contributed by atoms with van der Waals surface area (Å²) in [4.78, 5) is 18.3. The molecule has 3 aromatic heterocycles. The predicted octanol–water partition coefficient (Wildman–Crippen LogP) is 4.08. The number of nitrogens with zero attached hydrogens (tertiary/aromatic N) is 5. The van der Waals surface area contributed by atoms with Crippen LogP contribution in [0.2, 0.25) is 0 Å². The minimum absolute atomic E-state index is 0.164. The summed E-state index contributed by atoms with van der Waals surface area (Å²) in [7, 11) is 3.00. The number of fused-ring (bicyclic) bond motifs is 1. The molecule has 0 unspecified atom stereocenters. The first kappa shape index (κ1) is 24.0. The fraction of sp³-hybridized carbons (Fsp3) is 0.269. The highest BCUT2D eigenvalue weighted by Gasteiger charge is 2.26. The van der Waals surface area contributed by atoms with Crippen molar-refractivity contribution in [3.63, 3.8) is 0 Å². The van der Waals surface area contributed by atoms with Crippen molar-refractivity contribution in [3.05, 3.63) is 70.2 Å². The number of hydrogen-bond acceptors (Lipinski definition) is 10. The minimum Gasteiger partial charge on any atom is -0.494 e. The van der Waals surface area contributed by atoms with Crippen LogP contribution in [0.5, 0.6) is 17.4 Å². The second kappa shape index (κ2) is 10.1. The zero-order chi connectivity index (χ0) is 25.9. The maximum atomic E-state index is 13.9. The van der Waals surface area contributed by atoms with Gasteiger partial charge in [-0.05, 0) is 30.7 Å². The number of hydrogen-bond donors (Lipinski definition) is 1. The molecular formula is C26H25N5O6. The lowest BCUT2D eigenvalue weighted by Crippen LogP contribution is -2.26. The van der Waals surface area contributed by atoms with E-state index in [1.807, 2.05) is 31.2 Å². The Morgan fingerprint density at radius 3 is 2.51 bits per heavy atom. The summed E-state index contributed by atoms with van der Waals surface area (Å²) < 4.78 is 23.6. The molecule has 0 amide bonds. The molecule has 0 aliphatic carbocycles. The van der Waals surface area contributed by atoms with Crippen molar-refractivity contribution in [2.45, 2.75) is 32.6 Å². The highest BCUT2D eigenvalue weighted by molar-refractivity contribution is 5.79. The van der Waals surface area contributed by atoms with Gasteiger partial charge in [-0.3, -0.25) is 9.36 Å². The summed E-state index contributed by atoms with van der Waals surface area (Å²) in [5.41, 5.74) is 0.793. The Morgan fingerprint density at radius 2 is 1.78 bits per heavy atom. The van der Waals surface area contributed by atoms with Crippen LogP contribution in [0, 0.1) is 0 Å². The van der Waals surface area contributed by atoms with Gasteiger partial charge < -0.3 is 23.5 Å². The fourth-order valence-electron chi connectivity index (χ4n) is 4.16. The fourth-order valence-corrected chi connectivity index (χ4v) is 4.16. The summed E-state index contributed by atoms with van der Waals surface area (Å²) in [6, 6.07) is 12.6. The van der Waals surface area contributed by atoms with Crippen LogP contribution in [0.4, 0.5) is 0 Å². The molecule has 0 saturated heterocycles. The summed E-state index contributed by atoms with van der Waals surface area (Å²) in [6.07, 6.45) is 2.24. The van der Waals surface area contributed by atoms with Crippen molar-refractivity contribution in [1.29, 1.82) is 0 Å². The lowest BCUT2D eigenvalue weighted by molar-refractivity contribution is 0.388. The third-order valence-electron chi connectivity index (χ3n) is 5.96. The molecule has 37 heavy (non-hydrogen) atoms. The van der Waals surface area contributed by atoms with Crippen molar-refractivity contribution in [2.75, 3.05) is 14.2 Å². The molecule has 0 saturated carbocycles. The average molecular weight is 504 g/mol. The number of aromatic hydroxyl groups is 1. The minimum atomic E-state index is -0.594. The number of methoxy groups -OCH3 is 2. The average Bonchev–Trinajstić information content (AvgIpc) is 3.54. The first-order valence-electron chi connectivity index (χ1n) is 11.8. The summed E-state index contributed by atoms with van der Waals surface area (Å²) >= 11 is 0. The Morgan fingerprint density at radius 1 is 1.03 bits per heavy atom. The van der Waals surface area contributed by atoms with Crippen molar-refractivity contribution < 1.29 is 23.5 Å². The number of aromatic nitrogens is 5. The Labute approximate surface area is 211 Å². The number of unbranched alkanes of at least 4 members (excludes halogenated alkanes) is 1. The number of benzene rings is 2. The molecule has 3 heterocycles. The van der Waals surface area contributed by atoms with Crippen LogP contribution < -0.4 is 15.0 Å². The van der Waals surface area contributed by atoms with Gasteiger partial charge in [0, 0.05) is 11.8 Å². The Balaban J connectivity index is 1.63. The number of ether oxygens (including phenoxy) is 2. The van der Waals surface area contributed by atoms with Gasteiger partial charge in [-0.1, -0.05) is 36.7 Å². The van der Waals surface area contributed by atoms with Crippen molar-refractivity contribution >= 4 is 11.0 Å². The molecule has 11 nitrogen and oxygen atoms in total. The van der Waals surface area contributed by atoms with Crippen molar-refractivity contribution in [3.8, 4) is 34.5 Å². The molecule has 0 aliphatic heterocycles. The third-order valence-corrected chi connectivity index (χ3v) is 5.96. The summed E-state index contributed by atoms with van der Waals surface area (Å²) in [5.74, 6) is 0.698. The van der Waals surface area contributed by atoms with Gasteiger partial charge in [-0.15, -0.1) is 10.2 Å². The van der Waals surface area contributed by atoms with Crippen LogP contribution in [0.1, 0.15) is 37.2 Å². The SMILES string of the molecule is CCCCc1nc(O)c(-c2nnc(Cc3noc4ccccc34)o2)c(=O)n1-c1c(OC)cccc1OC. The molecule has 11 heteroatoms. The van der Waals surface area contributed by atoms with Crippen LogP contribution in [-0.2, 0) is 12.8 Å². The standard InChI is InChI=1S/C26H25N5O6/c1-4-5-13-20-27-24(32)22(26(33)31(20)23-18(34-2)11-8-12-19(23)35-3)25-29-28-21(36-25)14-16-15-9-6-7-10-17(15)37-30-16/h6-12,32H,4-5,13-14H2,1-3H3. The van der Waals surface area contributed by atoms with Gasteiger partial charge in [-0.25, -0.2) is 0 Å². The maximum Gasteiger partial charge on any atom is 0.275 e. The van der Waals surface area contributed by atoms with Crippen LogP contribution in [0.3, 0.4) is 0 Å². The first-order chi connectivity index (χ1) is 18.0. The van der Waals surface area contributed by atoms with Gasteiger partial charge in [0.1, 0.15) is 28.7 Å². The Bertz CT molecular complexity index is 1600. The van der Waals surface area contributed by atoms with E-state index in [1.165, 1.54) is 18.8 Å². The summed E-state index contributed by atoms with van der Waals surface area (Å²) in [6.45, 7) is 2.03.